The smallest absolute Gasteiger partial charge is 0.328 e. The van der Waals surface area contributed by atoms with E-state index in [2.05, 4.69) is 16.7 Å². The molecule has 0 radical (unpaired) electrons. The quantitative estimate of drug-likeness (QED) is 0.156. The lowest BCUT2D eigenvalue weighted by molar-refractivity contribution is -0.156. The zero-order chi connectivity index (χ0) is 39.3. The molecule has 3 aliphatic heterocycles. The van der Waals surface area contributed by atoms with Crippen LogP contribution in [-0.2, 0) is 48.1 Å². The van der Waals surface area contributed by atoms with E-state index >= 15 is 0 Å². The minimum atomic E-state index is -0.774. The van der Waals surface area contributed by atoms with Crippen molar-refractivity contribution in [1.82, 2.24) is 20.4 Å². The van der Waals surface area contributed by atoms with E-state index in [1.807, 2.05) is 102 Å². The van der Waals surface area contributed by atoms with Gasteiger partial charge in [0.1, 0.15) is 18.1 Å². The molecule has 2 N–H and O–H groups in total. The Labute approximate surface area is 334 Å². The van der Waals surface area contributed by atoms with Crippen LogP contribution in [0.2, 0.25) is 0 Å². The summed E-state index contributed by atoms with van der Waals surface area (Å²) in [7, 11) is 1.34. The largest absolute Gasteiger partial charge is 0.467 e. The monoisotopic (exact) mass is 778 g/mol. The van der Waals surface area contributed by atoms with Gasteiger partial charge in [0.25, 0.3) is 0 Å². The van der Waals surface area contributed by atoms with Gasteiger partial charge < -0.3 is 25.2 Å². The molecule has 3 aliphatic rings. The van der Waals surface area contributed by atoms with E-state index in [9.17, 15) is 24.0 Å². The first-order valence-corrected chi connectivity index (χ1v) is 21.0. The number of hydrogen-bond acceptors (Lipinski definition) is 7. The first-order valence-electron chi connectivity index (χ1n) is 20.0. The number of fused-ring (bicyclic) bond motifs is 1. The fraction of sp³-hybridized carbons (Fsp3) is 0.444. The summed E-state index contributed by atoms with van der Waals surface area (Å²) in [5.41, 5.74) is 3.00. The van der Waals surface area contributed by atoms with Gasteiger partial charge in [0.2, 0.25) is 23.6 Å². The van der Waals surface area contributed by atoms with E-state index in [0.29, 0.717) is 63.8 Å². The summed E-state index contributed by atoms with van der Waals surface area (Å²) in [6.45, 7) is 1.03. The molecule has 0 bridgehead atoms. The van der Waals surface area contributed by atoms with Crippen molar-refractivity contribution in [3.05, 3.63) is 120 Å². The second-order valence-electron chi connectivity index (χ2n) is 15.0. The molecule has 10 nitrogen and oxygen atoms in total. The molecule has 3 aromatic carbocycles. The third-order valence-electron chi connectivity index (χ3n) is 11.1. The number of esters is 1. The molecule has 6 unspecified atom stereocenters. The molecule has 2 fully saturated rings. The summed E-state index contributed by atoms with van der Waals surface area (Å²) in [4.78, 5) is 72.9. The molecule has 0 aromatic heterocycles. The van der Waals surface area contributed by atoms with Gasteiger partial charge in [-0.3, -0.25) is 19.2 Å². The van der Waals surface area contributed by atoms with Crippen LogP contribution in [0.15, 0.2) is 103 Å². The maximum absolute atomic E-state index is 14.3. The molecule has 56 heavy (non-hydrogen) atoms. The number of hydrogen-bond donors (Lipinski definition) is 2. The van der Waals surface area contributed by atoms with Crippen molar-refractivity contribution >= 4 is 41.4 Å². The highest BCUT2D eigenvalue weighted by molar-refractivity contribution is 7.99. The highest BCUT2D eigenvalue weighted by atomic mass is 32.2. The SMILES string of the molecule is COC(=O)C1CCCC2SCCC(NC(=O)C(CCC(Cc3ccccc3)C(=O)NC3CC=CCCN(Cc4ccccc4)C3=O)Cc3ccccc3)C(=O)N21. The number of thioether (sulfide) groups is 1. The predicted molar refractivity (Wildman–Crippen MR) is 218 cm³/mol. The number of methoxy groups -OCH3 is 1. The lowest BCUT2D eigenvalue weighted by atomic mass is 9.86. The molecule has 6 rings (SSSR count). The molecule has 6 atom stereocenters. The van der Waals surface area contributed by atoms with E-state index in [-0.39, 0.29) is 29.0 Å². The fourth-order valence-electron chi connectivity index (χ4n) is 8.07. The van der Waals surface area contributed by atoms with E-state index in [1.165, 1.54) is 7.11 Å². The second-order valence-corrected chi connectivity index (χ2v) is 16.3. The Hall–Kier alpha value is -4.90. The van der Waals surface area contributed by atoms with Gasteiger partial charge in [0.15, 0.2) is 0 Å². The number of carbonyl (C=O) groups is 5. The summed E-state index contributed by atoms with van der Waals surface area (Å²) in [5.74, 6) is -1.63. The minimum absolute atomic E-state index is 0.108. The Kier molecular flexibility index (Phi) is 14.8. The van der Waals surface area contributed by atoms with Crippen molar-refractivity contribution in [3.63, 3.8) is 0 Å². The van der Waals surface area contributed by atoms with Crippen molar-refractivity contribution in [2.75, 3.05) is 19.4 Å². The van der Waals surface area contributed by atoms with Crippen LogP contribution in [0.4, 0.5) is 0 Å². The lowest BCUT2D eigenvalue weighted by Gasteiger charge is -2.40. The van der Waals surface area contributed by atoms with Crippen molar-refractivity contribution in [1.29, 1.82) is 0 Å². The molecular weight excluding hydrogens is 725 g/mol. The van der Waals surface area contributed by atoms with Crippen LogP contribution in [0.1, 0.15) is 68.1 Å². The first-order chi connectivity index (χ1) is 27.3. The second kappa shape index (κ2) is 20.3. The molecule has 0 saturated carbocycles. The standard InChI is InChI=1S/C45H54N4O6S/c1-55-45(54)39-22-14-23-40-49(39)44(53)38(26-28-56-40)47-42(51)36(30-33-17-8-3-9-18-33)25-24-35(29-32-15-6-2-7-16-32)41(50)46-37-21-12-5-13-27-48(43(37)52)31-34-19-10-4-11-20-34/h2-12,15-20,35-40H,13-14,21-31H2,1H3,(H,46,50)(H,47,51). The Balaban J connectivity index is 1.19. The van der Waals surface area contributed by atoms with Crippen LogP contribution in [0, 0.1) is 11.8 Å². The molecule has 296 valence electrons. The molecule has 2 saturated heterocycles. The van der Waals surface area contributed by atoms with Gasteiger partial charge in [-0.15, -0.1) is 11.8 Å². The Bertz CT molecular complexity index is 1810. The maximum Gasteiger partial charge on any atom is 0.328 e. The molecule has 0 spiro atoms. The van der Waals surface area contributed by atoms with Gasteiger partial charge in [-0.25, -0.2) is 4.79 Å². The number of nitrogens with zero attached hydrogens (tertiary/aromatic N) is 2. The average molecular weight is 779 g/mol. The maximum atomic E-state index is 14.3. The summed E-state index contributed by atoms with van der Waals surface area (Å²) in [5, 5.41) is 6.09. The number of piperidine rings is 1. The van der Waals surface area contributed by atoms with Crippen molar-refractivity contribution in [2.45, 2.75) is 94.3 Å². The van der Waals surface area contributed by atoms with Gasteiger partial charge in [0, 0.05) is 24.9 Å². The fourth-order valence-corrected chi connectivity index (χ4v) is 9.46. The Morgan fingerprint density at radius 3 is 1.89 bits per heavy atom. The summed E-state index contributed by atoms with van der Waals surface area (Å²) in [6, 6.07) is 27.3. The number of ether oxygens (including phenoxy) is 1. The number of benzene rings is 3. The minimum Gasteiger partial charge on any atom is -0.467 e. The number of carbonyl (C=O) groups excluding carboxylic acids is 5. The lowest BCUT2D eigenvalue weighted by Crippen LogP contribution is -2.57. The Morgan fingerprint density at radius 1 is 0.732 bits per heavy atom. The Morgan fingerprint density at radius 2 is 1.30 bits per heavy atom. The van der Waals surface area contributed by atoms with Crippen molar-refractivity contribution in [2.24, 2.45) is 11.8 Å². The number of nitrogens with one attached hydrogen (secondary N) is 2. The third kappa shape index (κ3) is 10.9. The van der Waals surface area contributed by atoms with E-state index < -0.39 is 35.9 Å². The van der Waals surface area contributed by atoms with Crippen LogP contribution in [0.3, 0.4) is 0 Å². The first kappa shape index (κ1) is 40.8. The highest BCUT2D eigenvalue weighted by Crippen LogP contribution is 2.35. The van der Waals surface area contributed by atoms with Crippen LogP contribution in [0.25, 0.3) is 0 Å². The summed E-state index contributed by atoms with van der Waals surface area (Å²) in [6.07, 6.45) is 9.45. The van der Waals surface area contributed by atoms with E-state index in [1.54, 1.807) is 16.7 Å². The predicted octanol–water partition coefficient (Wildman–Crippen LogP) is 5.85. The van der Waals surface area contributed by atoms with Gasteiger partial charge in [-0.05, 0) is 86.7 Å². The van der Waals surface area contributed by atoms with Gasteiger partial charge >= 0.3 is 5.97 Å². The van der Waals surface area contributed by atoms with Crippen LogP contribution in [0.5, 0.6) is 0 Å². The summed E-state index contributed by atoms with van der Waals surface area (Å²) >= 11 is 1.65. The zero-order valence-electron chi connectivity index (χ0n) is 32.2. The van der Waals surface area contributed by atoms with Crippen LogP contribution < -0.4 is 10.6 Å². The van der Waals surface area contributed by atoms with Gasteiger partial charge in [-0.1, -0.05) is 103 Å². The molecule has 0 aliphatic carbocycles. The van der Waals surface area contributed by atoms with Crippen LogP contribution in [-0.4, -0.2) is 82.3 Å². The zero-order valence-corrected chi connectivity index (χ0v) is 33.0. The molecule has 11 heteroatoms. The van der Waals surface area contributed by atoms with Crippen molar-refractivity contribution in [3.8, 4) is 0 Å². The molecule has 3 aromatic rings. The number of amides is 4. The van der Waals surface area contributed by atoms with E-state index in [4.69, 9.17) is 4.74 Å². The average Bonchev–Trinajstić information content (AvgIpc) is 3.38. The normalized spacial score (nSPS) is 22.4. The van der Waals surface area contributed by atoms with Crippen LogP contribution >= 0.6 is 11.8 Å². The van der Waals surface area contributed by atoms with Crippen molar-refractivity contribution < 1.29 is 28.7 Å². The van der Waals surface area contributed by atoms with E-state index in [0.717, 1.165) is 36.0 Å². The molecular formula is C45H54N4O6S. The number of rotatable bonds is 14. The van der Waals surface area contributed by atoms with Gasteiger partial charge in [0.05, 0.1) is 12.5 Å². The molecule has 4 amide bonds. The third-order valence-corrected chi connectivity index (χ3v) is 12.5. The summed E-state index contributed by atoms with van der Waals surface area (Å²) < 4.78 is 5.07. The topological polar surface area (TPSA) is 125 Å². The van der Waals surface area contributed by atoms with Gasteiger partial charge in [-0.2, -0.15) is 0 Å². The highest BCUT2D eigenvalue weighted by Gasteiger charge is 2.44. The molecule has 3 heterocycles.